The largest absolute Gasteiger partial charge is 0.406 e. The number of nitrogens with zero attached hydrogens (tertiary/aromatic N) is 3. The highest BCUT2D eigenvalue weighted by Crippen LogP contribution is 2.51. The van der Waals surface area contributed by atoms with Crippen molar-refractivity contribution in [3.05, 3.63) is 47.0 Å². The maximum absolute atomic E-state index is 15.3. The van der Waals surface area contributed by atoms with Crippen molar-refractivity contribution in [1.29, 1.82) is 0 Å². The molecule has 8 nitrogen and oxygen atoms in total. The van der Waals surface area contributed by atoms with Gasteiger partial charge >= 0.3 is 6.18 Å². The second-order valence-corrected chi connectivity index (χ2v) is 10.9. The van der Waals surface area contributed by atoms with Gasteiger partial charge in [0.1, 0.15) is 24.1 Å². The Morgan fingerprint density at radius 1 is 1.15 bits per heavy atom. The van der Waals surface area contributed by atoms with Crippen LogP contribution in [0.15, 0.2) is 24.4 Å². The average Bonchev–Trinajstić information content (AvgIpc) is 3.82. The molecule has 4 rings (SSSR count). The van der Waals surface area contributed by atoms with E-state index >= 15 is 4.39 Å². The van der Waals surface area contributed by atoms with Crippen molar-refractivity contribution < 1.29 is 31.9 Å². The second kappa shape index (κ2) is 11.6. The first-order chi connectivity index (χ1) is 18.8. The fourth-order valence-electron chi connectivity index (χ4n) is 5.50. The molecule has 0 bridgehead atoms. The zero-order valence-electron chi connectivity index (χ0n) is 23.0. The number of hydrogen-bond acceptors (Lipinski definition) is 4. The van der Waals surface area contributed by atoms with Crippen molar-refractivity contribution in [2.24, 2.45) is 17.8 Å². The lowest BCUT2D eigenvalue weighted by molar-refractivity contribution is -0.159. The molecule has 2 atom stereocenters. The Hall–Kier alpha value is -3.44. The molecule has 2 aliphatic rings. The standard InChI is InChI=1S/C28H35F4N5O3/c1-5-37-22(10-11-33-37)25(38)35-24(23(17-6-7-17)18-8-9-18)26(39)34-21-12-15(2)19(13-20(21)29)16(3)27(40)36(4)14-28(30,31)32/h10-13,16-18,23-24H,5-9,14H2,1-4H3,(H,34,39)(H,35,38)/t16?,24-/m0/s1. The Morgan fingerprint density at radius 3 is 2.33 bits per heavy atom. The van der Waals surface area contributed by atoms with Gasteiger partial charge < -0.3 is 15.5 Å². The molecule has 40 heavy (non-hydrogen) atoms. The fraction of sp³-hybridized carbons (Fsp3) is 0.571. The van der Waals surface area contributed by atoms with Gasteiger partial charge in [-0.3, -0.25) is 19.1 Å². The molecule has 0 saturated heterocycles. The van der Waals surface area contributed by atoms with Crippen LogP contribution in [0.25, 0.3) is 0 Å². The predicted molar refractivity (Wildman–Crippen MR) is 140 cm³/mol. The van der Waals surface area contributed by atoms with Crippen LogP contribution in [-0.2, 0) is 16.1 Å². The van der Waals surface area contributed by atoms with Crippen LogP contribution in [0, 0.1) is 30.5 Å². The summed E-state index contributed by atoms with van der Waals surface area (Å²) in [5, 5.41) is 9.64. The third kappa shape index (κ3) is 6.82. The Bertz CT molecular complexity index is 1260. The van der Waals surface area contributed by atoms with Crippen LogP contribution < -0.4 is 10.6 Å². The predicted octanol–water partition coefficient (Wildman–Crippen LogP) is 4.65. The molecule has 1 aromatic heterocycles. The molecule has 2 saturated carbocycles. The Labute approximate surface area is 230 Å². The van der Waals surface area contributed by atoms with E-state index in [1.54, 1.807) is 13.0 Å². The van der Waals surface area contributed by atoms with Crippen molar-refractivity contribution in [3.8, 4) is 0 Å². The smallest absolute Gasteiger partial charge is 0.339 e. The van der Waals surface area contributed by atoms with Crippen molar-refractivity contribution in [2.45, 2.75) is 71.1 Å². The molecule has 2 fully saturated rings. The third-order valence-electron chi connectivity index (χ3n) is 7.78. The Balaban J connectivity index is 1.54. The van der Waals surface area contributed by atoms with Gasteiger partial charge in [0.15, 0.2) is 0 Å². The van der Waals surface area contributed by atoms with Gasteiger partial charge in [-0.25, -0.2) is 4.39 Å². The van der Waals surface area contributed by atoms with Crippen LogP contribution in [0.4, 0.5) is 23.2 Å². The molecule has 3 amide bonds. The van der Waals surface area contributed by atoms with Crippen molar-refractivity contribution >= 4 is 23.4 Å². The van der Waals surface area contributed by atoms with Gasteiger partial charge in [0, 0.05) is 19.8 Å². The van der Waals surface area contributed by atoms with Crippen molar-refractivity contribution in [3.63, 3.8) is 0 Å². The van der Waals surface area contributed by atoms with Crippen LogP contribution in [0.3, 0.4) is 0 Å². The molecule has 1 heterocycles. The van der Waals surface area contributed by atoms with Gasteiger partial charge in [0.2, 0.25) is 11.8 Å². The lowest BCUT2D eigenvalue weighted by Gasteiger charge is -2.28. The molecule has 0 spiro atoms. The zero-order chi connectivity index (χ0) is 29.4. The zero-order valence-corrected chi connectivity index (χ0v) is 23.0. The summed E-state index contributed by atoms with van der Waals surface area (Å²) < 4.78 is 55.0. The van der Waals surface area contributed by atoms with E-state index in [0.29, 0.717) is 34.5 Å². The van der Waals surface area contributed by atoms with Gasteiger partial charge in [0.05, 0.1) is 11.6 Å². The van der Waals surface area contributed by atoms with Gasteiger partial charge in [-0.15, -0.1) is 0 Å². The summed E-state index contributed by atoms with van der Waals surface area (Å²) in [4.78, 5) is 39.9. The molecule has 2 aromatic rings. The Kier molecular flexibility index (Phi) is 8.55. The molecule has 1 aromatic carbocycles. The van der Waals surface area contributed by atoms with Crippen LogP contribution in [0.5, 0.6) is 0 Å². The summed E-state index contributed by atoms with van der Waals surface area (Å²) in [6.45, 7) is 3.92. The number of rotatable bonds is 11. The summed E-state index contributed by atoms with van der Waals surface area (Å²) in [5.74, 6) is -3.11. The number of amides is 3. The number of aromatic nitrogens is 2. The molecule has 0 radical (unpaired) electrons. The minimum atomic E-state index is -4.56. The van der Waals surface area contributed by atoms with Gasteiger partial charge in [-0.05, 0) is 93.5 Å². The SMILES string of the molecule is CCn1nccc1C(=O)N[C@H](C(=O)Nc1cc(C)c(C(C)C(=O)N(C)CC(F)(F)F)cc1F)C(C1CC1)C1CC1. The quantitative estimate of drug-likeness (QED) is 0.388. The number of aryl methyl sites for hydroxylation is 2. The minimum Gasteiger partial charge on any atom is -0.339 e. The van der Waals surface area contributed by atoms with Crippen LogP contribution in [-0.4, -0.2) is 58.2 Å². The first-order valence-corrected chi connectivity index (χ1v) is 13.6. The highest BCUT2D eigenvalue weighted by atomic mass is 19.4. The van der Waals surface area contributed by atoms with E-state index in [4.69, 9.17) is 0 Å². The highest BCUT2D eigenvalue weighted by Gasteiger charge is 2.48. The first kappa shape index (κ1) is 29.5. The van der Waals surface area contributed by atoms with Crippen molar-refractivity contribution in [1.82, 2.24) is 20.0 Å². The number of hydrogen-bond donors (Lipinski definition) is 2. The molecule has 218 valence electrons. The molecular weight excluding hydrogens is 530 g/mol. The summed E-state index contributed by atoms with van der Waals surface area (Å²) >= 11 is 0. The Morgan fingerprint density at radius 2 is 1.77 bits per heavy atom. The van der Waals surface area contributed by atoms with Gasteiger partial charge in [-0.2, -0.15) is 18.3 Å². The lowest BCUT2D eigenvalue weighted by Crippen LogP contribution is -2.50. The summed E-state index contributed by atoms with van der Waals surface area (Å²) in [5.41, 5.74) is 0.858. The number of carbonyl (C=O) groups excluding carboxylic acids is 3. The van der Waals surface area contributed by atoms with E-state index in [0.717, 1.165) is 38.8 Å². The normalized spacial score (nSPS) is 16.9. The van der Waals surface area contributed by atoms with Crippen LogP contribution >= 0.6 is 0 Å². The summed E-state index contributed by atoms with van der Waals surface area (Å²) in [7, 11) is 1.05. The second-order valence-electron chi connectivity index (χ2n) is 10.9. The monoisotopic (exact) mass is 565 g/mol. The number of nitrogens with one attached hydrogen (secondary N) is 2. The lowest BCUT2D eigenvalue weighted by atomic mass is 9.88. The summed E-state index contributed by atoms with van der Waals surface area (Å²) in [6.07, 6.45) is 0.808. The number of likely N-dealkylation sites (N-methyl/N-ethyl adjacent to an activating group) is 1. The molecule has 0 aliphatic heterocycles. The fourth-order valence-corrected chi connectivity index (χ4v) is 5.50. The minimum absolute atomic E-state index is 0.0767. The number of benzene rings is 1. The van der Waals surface area contributed by atoms with Crippen molar-refractivity contribution in [2.75, 3.05) is 18.9 Å². The number of anilines is 1. The number of carbonyl (C=O) groups is 3. The van der Waals surface area contributed by atoms with E-state index in [2.05, 4.69) is 15.7 Å². The maximum Gasteiger partial charge on any atom is 0.406 e. The van der Waals surface area contributed by atoms with Gasteiger partial charge in [-0.1, -0.05) is 0 Å². The maximum atomic E-state index is 15.3. The third-order valence-corrected chi connectivity index (χ3v) is 7.78. The molecular formula is C28H35F4N5O3. The van der Waals surface area contributed by atoms with E-state index < -0.39 is 48.2 Å². The molecule has 1 unspecified atom stereocenters. The van der Waals surface area contributed by atoms with E-state index in [9.17, 15) is 27.6 Å². The molecule has 2 N–H and O–H groups in total. The van der Waals surface area contributed by atoms with E-state index in [-0.39, 0.29) is 17.2 Å². The van der Waals surface area contributed by atoms with E-state index in [1.807, 2.05) is 6.92 Å². The average molecular weight is 566 g/mol. The molecule has 2 aliphatic carbocycles. The topological polar surface area (TPSA) is 96.3 Å². The first-order valence-electron chi connectivity index (χ1n) is 13.6. The van der Waals surface area contributed by atoms with Crippen LogP contribution in [0.1, 0.15) is 67.1 Å². The van der Waals surface area contributed by atoms with Crippen LogP contribution in [0.2, 0.25) is 0 Å². The van der Waals surface area contributed by atoms with E-state index in [1.165, 1.54) is 23.9 Å². The van der Waals surface area contributed by atoms with Gasteiger partial charge in [0.25, 0.3) is 5.91 Å². The number of halogens is 4. The molecule has 12 heteroatoms. The number of alkyl halides is 3. The summed E-state index contributed by atoms with van der Waals surface area (Å²) in [6, 6.07) is 3.13. The highest BCUT2D eigenvalue weighted by molar-refractivity contribution is 6.01.